The van der Waals surface area contributed by atoms with E-state index >= 15 is 0 Å². The maximum absolute atomic E-state index is 14.3. The highest BCUT2D eigenvalue weighted by atomic mass is 19.4. The second-order valence-electron chi connectivity index (χ2n) is 10.9. The fourth-order valence-electron chi connectivity index (χ4n) is 5.72. The van der Waals surface area contributed by atoms with Crippen LogP contribution >= 0.6 is 0 Å². The van der Waals surface area contributed by atoms with Crippen LogP contribution in [0.5, 0.6) is 0 Å². The lowest BCUT2D eigenvalue weighted by atomic mass is 9.96. The van der Waals surface area contributed by atoms with E-state index in [2.05, 4.69) is 4.90 Å². The van der Waals surface area contributed by atoms with Gasteiger partial charge in [0.1, 0.15) is 5.82 Å². The minimum absolute atomic E-state index is 0.131. The summed E-state index contributed by atoms with van der Waals surface area (Å²) in [6, 6.07) is 5.75. The van der Waals surface area contributed by atoms with Gasteiger partial charge in [-0.2, -0.15) is 18.3 Å². The molecule has 0 saturated carbocycles. The molecule has 0 aliphatic carbocycles. The van der Waals surface area contributed by atoms with Crippen molar-refractivity contribution in [2.75, 3.05) is 45.9 Å². The minimum atomic E-state index is -4.67. The van der Waals surface area contributed by atoms with Crippen LogP contribution < -0.4 is 0 Å². The van der Waals surface area contributed by atoms with E-state index in [1.54, 1.807) is 0 Å². The van der Waals surface area contributed by atoms with Gasteiger partial charge in [-0.15, -0.1) is 0 Å². The molecule has 0 unspecified atom stereocenters. The highest BCUT2D eigenvalue weighted by Crippen LogP contribution is 2.31. The molecular weight excluding hydrogens is 540 g/mol. The summed E-state index contributed by atoms with van der Waals surface area (Å²) < 4.78 is 60.1. The molecule has 0 N–H and O–H groups in total. The number of morpholine rings is 1. The number of aryl methyl sites for hydroxylation is 1. The molecule has 2 aliphatic heterocycles. The molecule has 41 heavy (non-hydrogen) atoms. The number of carbonyl (C=O) groups is 2. The van der Waals surface area contributed by atoms with Crippen LogP contribution in [0.25, 0.3) is 10.9 Å². The van der Waals surface area contributed by atoms with Gasteiger partial charge in [-0.1, -0.05) is 0 Å². The predicted molar refractivity (Wildman–Crippen MR) is 145 cm³/mol. The number of hydrogen-bond acceptors (Lipinski definition) is 5. The summed E-state index contributed by atoms with van der Waals surface area (Å²) in [5.74, 6) is -1.41. The van der Waals surface area contributed by atoms with E-state index in [9.17, 15) is 27.2 Å². The molecule has 2 aromatic carbocycles. The molecule has 5 rings (SSSR count). The molecule has 220 valence electrons. The number of hydrogen-bond donors (Lipinski definition) is 0. The second kappa shape index (κ2) is 12.3. The Bertz CT molecular complexity index is 1410. The van der Waals surface area contributed by atoms with Gasteiger partial charge in [0.25, 0.3) is 5.91 Å². The van der Waals surface area contributed by atoms with Crippen molar-refractivity contribution in [2.45, 2.75) is 45.3 Å². The van der Waals surface area contributed by atoms with Crippen LogP contribution in [0.2, 0.25) is 0 Å². The SMILES string of the molecule is Cc1c(C(=O)CCCN2CCOCC2)ccc2nn(CC3CCN(C(=O)c4ccc(C(F)(F)F)cc4F)CC3)cc12. The van der Waals surface area contributed by atoms with Crippen LogP contribution in [0.4, 0.5) is 17.6 Å². The van der Waals surface area contributed by atoms with E-state index < -0.39 is 23.5 Å². The molecule has 11 heteroatoms. The van der Waals surface area contributed by atoms with Gasteiger partial charge in [0.15, 0.2) is 5.78 Å². The summed E-state index contributed by atoms with van der Waals surface area (Å²) in [4.78, 5) is 29.6. The number of piperidine rings is 1. The number of nitrogens with zero attached hydrogens (tertiary/aromatic N) is 4. The fraction of sp³-hybridized carbons (Fsp3) is 0.500. The Morgan fingerprint density at radius 3 is 2.41 bits per heavy atom. The maximum Gasteiger partial charge on any atom is 0.416 e. The van der Waals surface area contributed by atoms with Gasteiger partial charge in [-0.3, -0.25) is 19.2 Å². The summed E-state index contributed by atoms with van der Waals surface area (Å²) in [6.07, 6.45) is -0.0823. The molecule has 0 atom stereocenters. The predicted octanol–water partition coefficient (Wildman–Crippen LogP) is 5.35. The number of Topliss-reactive ketones (excluding diaryl/α,β-unsaturated/α-hetero) is 1. The zero-order chi connectivity index (χ0) is 29.1. The highest BCUT2D eigenvalue weighted by Gasteiger charge is 2.33. The van der Waals surface area contributed by atoms with Crippen molar-refractivity contribution in [3.63, 3.8) is 0 Å². The Hall–Kier alpha value is -3.31. The Balaban J connectivity index is 1.16. The Kier molecular flexibility index (Phi) is 8.74. The van der Waals surface area contributed by atoms with Crippen molar-refractivity contribution in [2.24, 2.45) is 5.92 Å². The summed E-state index contributed by atoms with van der Waals surface area (Å²) in [5, 5.41) is 5.64. The van der Waals surface area contributed by atoms with Gasteiger partial charge in [-0.05, 0) is 74.5 Å². The lowest BCUT2D eigenvalue weighted by molar-refractivity contribution is -0.137. The Labute approximate surface area is 236 Å². The summed E-state index contributed by atoms with van der Waals surface area (Å²) in [5.41, 5.74) is 0.993. The lowest BCUT2D eigenvalue weighted by Gasteiger charge is -2.32. The van der Waals surface area contributed by atoms with E-state index in [1.807, 2.05) is 29.9 Å². The molecule has 1 aromatic heterocycles. The number of carbonyl (C=O) groups excluding carboxylic acids is 2. The molecule has 2 aliphatic rings. The molecule has 1 amide bonds. The summed E-state index contributed by atoms with van der Waals surface area (Å²) >= 11 is 0. The molecular formula is C30H34F4N4O3. The number of amides is 1. The number of aromatic nitrogens is 2. The Morgan fingerprint density at radius 2 is 1.73 bits per heavy atom. The third-order valence-corrected chi connectivity index (χ3v) is 8.16. The molecule has 0 bridgehead atoms. The number of likely N-dealkylation sites (tertiary alicyclic amines) is 1. The first kappa shape index (κ1) is 29.2. The Morgan fingerprint density at radius 1 is 1.02 bits per heavy atom. The minimum Gasteiger partial charge on any atom is -0.379 e. The van der Waals surface area contributed by atoms with E-state index in [-0.39, 0.29) is 17.3 Å². The average molecular weight is 575 g/mol. The molecule has 7 nitrogen and oxygen atoms in total. The van der Waals surface area contributed by atoms with Gasteiger partial charge in [0.05, 0.1) is 29.9 Å². The molecule has 2 saturated heterocycles. The zero-order valence-electron chi connectivity index (χ0n) is 23.1. The number of ketones is 1. The normalized spacial score (nSPS) is 17.3. The molecule has 3 heterocycles. The fourth-order valence-corrected chi connectivity index (χ4v) is 5.72. The highest BCUT2D eigenvalue weighted by molar-refractivity contribution is 6.01. The first-order chi connectivity index (χ1) is 19.6. The standard InChI is InChI=1S/C30H34F4N4O3/c1-20-23(28(39)3-2-10-36-13-15-41-16-14-36)6-7-27-25(20)19-38(35-27)18-21-8-11-37(12-9-21)29(40)24-5-4-22(17-26(24)31)30(32,33)34/h4-7,17,19,21H,2-3,8-16,18H2,1H3. The van der Waals surface area contributed by atoms with E-state index in [1.165, 1.54) is 4.90 Å². The van der Waals surface area contributed by atoms with Crippen molar-refractivity contribution in [1.29, 1.82) is 0 Å². The zero-order valence-corrected chi connectivity index (χ0v) is 23.1. The number of benzene rings is 2. The largest absolute Gasteiger partial charge is 0.416 e. The number of halogens is 4. The summed E-state index contributed by atoms with van der Waals surface area (Å²) in [6.45, 7) is 7.54. The first-order valence-electron chi connectivity index (χ1n) is 14.1. The molecule has 3 aromatic rings. The van der Waals surface area contributed by atoms with Gasteiger partial charge < -0.3 is 9.64 Å². The van der Waals surface area contributed by atoms with Crippen molar-refractivity contribution in [3.8, 4) is 0 Å². The topological polar surface area (TPSA) is 67.7 Å². The number of ether oxygens (including phenoxy) is 1. The number of alkyl halides is 3. The number of fused-ring (bicyclic) bond motifs is 1. The third-order valence-electron chi connectivity index (χ3n) is 8.16. The van der Waals surface area contributed by atoms with Gasteiger partial charge in [0, 0.05) is 56.3 Å². The monoisotopic (exact) mass is 574 g/mol. The van der Waals surface area contributed by atoms with Crippen molar-refractivity contribution < 1.29 is 31.9 Å². The van der Waals surface area contributed by atoms with E-state index in [4.69, 9.17) is 9.84 Å². The van der Waals surface area contributed by atoms with E-state index in [0.29, 0.717) is 45.0 Å². The third kappa shape index (κ3) is 6.78. The lowest BCUT2D eigenvalue weighted by Crippen LogP contribution is -2.39. The van der Waals surface area contributed by atoms with Gasteiger partial charge in [-0.25, -0.2) is 4.39 Å². The molecule has 2 fully saturated rings. The quantitative estimate of drug-likeness (QED) is 0.268. The van der Waals surface area contributed by atoms with Crippen LogP contribution in [0.3, 0.4) is 0 Å². The smallest absolute Gasteiger partial charge is 0.379 e. The number of rotatable bonds is 8. The van der Waals surface area contributed by atoms with Crippen molar-refractivity contribution in [3.05, 3.63) is 64.6 Å². The van der Waals surface area contributed by atoms with Crippen LogP contribution in [0, 0.1) is 18.7 Å². The van der Waals surface area contributed by atoms with Crippen LogP contribution in [0.15, 0.2) is 36.5 Å². The van der Waals surface area contributed by atoms with Crippen LogP contribution in [-0.4, -0.2) is 77.2 Å². The first-order valence-corrected chi connectivity index (χ1v) is 14.1. The van der Waals surface area contributed by atoms with Crippen LogP contribution in [0.1, 0.15) is 57.5 Å². The van der Waals surface area contributed by atoms with Crippen molar-refractivity contribution >= 4 is 22.6 Å². The summed E-state index contributed by atoms with van der Waals surface area (Å²) in [7, 11) is 0. The maximum atomic E-state index is 14.3. The second-order valence-corrected chi connectivity index (χ2v) is 10.9. The van der Waals surface area contributed by atoms with Crippen molar-refractivity contribution in [1.82, 2.24) is 19.6 Å². The average Bonchev–Trinajstić information content (AvgIpc) is 3.37. The molecule has 0 radical (unpaired) electrons. The van der Waals surface area contributed by atoms with E-state index in [0.717, 1.165) is 73.4 Å². The molecule has 0 spiro atoms. The van der Waals surface area contributed by atoms with Crippen LogP contribution in [-0.2, 0) is 17.5 Å². The van der Waals surface area contributed by atoms with Gasteiger partial charge >= 0.3 is 6.18 Å². The van der Waals surface area contributed by atoms with Gasteiger partial charge in [0.2, 0.25) is 0 Å².